The Kier molecular flexibility index (Phi) is 3.82. The lowest BCUT2D eigenvalue weighted by molar-refractivity contribution is -0.137. The van der Waals surface area contributed by atoms with E-state index in [-0.39, 0.29) is 12.0 Å². The summed E-state index contributed by atoms with van der Waals surface area (Å²) in [5.74, 6) is -0.0894. The Bertz CT molecular complexity index is 426. The molecule has 0 unspecified atom stereocenters. The SMILES string of the molecule is CC(C)(NC(=O)[C@H]1CCCCO1)c1nnc(N)s1. The molecule has 1 amide bonds. The summed E-state index contributed by atoms with van der Waals surface area (Å²) in [4.78, 5) is 12.1. The minimum Gasteiger partial charge on any atom is -0.374 e. The average Bonchev–Trinajstić information content (AvgIpc) is 2.77. The van der Waals surface area contributed by atoms with Crippen molar-refractivity contribution in [3.8, 4) is 0 Å². The van der Waals surface area contributed by atoms with Crippen molar-refractivity contribution in [1.82, 2.24) is 15.5 Å². The predicted octanol–water partition coefficient (Wildman–Crippen LogP) is 1.04. The molecule has 6 nitrogen and oxygen atoms in total. The molecule has 2 heterocycles. The highest BCUT2D eigenvalue weighted by Gasteiger charge is 2.31. The first-order chi connectivity index (χ1) is 8.49. The molecular weight excluding hydrogens is 252 g/mol. The fraction of sp³-hybridized carbons (Fsp3) is 0.727. The van der Waals surface area contributed by atoms with Gasteiger partial charge in [0.1, 0.15) is 11.1 Å². The van der Waals surface area contributed by atoms with Crippen molar-refractivity contribution >= 4 is 22.4 Å². The third kappa shape index (κ3) is 2.97. The number of carbonyl (C=O) groups is 1. The van der Waals surface area contributed by atoms with E-state index in [0.717, 1.165) is 19.3 Å². The van der Waals surface area contributed by atoms with Crippen molar-refractivity contribution < 1.29 is 9.53 Å². The van der Waals surface area contributed by atoms with Crippen molar-refractivity contribution in [3.63, 3.8) is 0 Å². The van der Waals surface area contributed by atoms with E-state index >= 15 is 0 Å². The minimum absolute atomic E-state index is 0.0894. The van der Waals surface area contributed by atoms with Crippen molar-refractivity contribution in [2.45, 2.75) is 44.8 Å². The highest BCUT2D eigenvalue weighted by molar-refractivity contribution is 7.15. The summed E-state index contributed by atoms with van der Waals surface area (Å²) in [5.41, 5.74) is 4.98. The molecule has 1 aromatic rings. The maximum absolute atomic E-state index is 12.1. The van der Waals surface area contributed by atoms with Gasteiger partial charge in [-0.1, -0.05) is 11.3 Å². The van der Waals surface area contributed by atoms with Crippen LogP contribution in [-0.2, 0) is 15.1 Å². The van der Waals surface area contributed by atoms with Crippen molar-refractivity contribution in [1.29, 1.82) is 0 Å². The third-order valence-corrected chi connectivity index (χ3v) is 3.96. The lowest BCUT2D eigenvalue weighted by Gasteiger charge is -2.28. The maximum atomic E-state index is 12.1. The molecule has 1 aliphatic rings. The van der Waals surface area contributed by atoms with Gasteiger partial charge >= 0.3 is 0 Å². The van der Waals surface area contributed by atoms with Crippen LogP contribution in [0.3, 0.4) is 0 Å². The number of aromatic nitrogens is 2. The van der Waals surface area contributed by atoms with Gasteiger partial charge in [0.25, 0.3) is 0 Å². The monoisotopic (exact) mass is 270 g/mol. The van der Waals surface area contributed by atoms with Crippen LogP contribution in [0.2, 0.25) is 0 Å². The predicted molar refractivity (Wildman–Crippen MR) is 69.1 cm³/mol. The maximum Gasteiger partial charge on any atom is 0.249 e. The van der Waals surface area contributed by atoms with Gasteiger partial charge in [-0.15, -0.1) is 10.2 Å². The molecule has 100 valence electrons. The van der Waals surface area contributed by atoms with E-state index < -0.39 is 5.54 Å². The Labute approximate surface area is 110 Å². The summed E-state index contributed by atoms with van der Waals surface area (Å²) in [6.45, 7) is 4.42. The first kappa shape index (κ1) is 13.2. The second-order valence-electron chi connectivity index (χ2n) is 4.91. The fourth-order valence-corrected chi connectivity index (χ4v) is 2.54. The number of ether oxygens (including phenoxy) is 1. The number of nitrogens with one attached hydrogen (secondary N) is 1. The Balaban J connectivity index is 2.00. The van der Waals surface area contributed by atoms with Crippen LogP contribution < -0.4 is 11.1 Å². The largest absolute Gasteiger partial charge is 0.374 e. The quantitative estimate of drug-likeness (QED) is 0.856. The highest BCUT2D eigenvalue weighted by Crippen LogP contribution is 2.25. The van der Waals surface area contributed by atoms with E-state index in [2.05, 4.69) is 15.5 Å². The molecule has 0 spiro atoms. The van der Waals surface area contributed by atoms with E-state index in [4.69, 9.17) is 10.5 Å². The van der Waals surface area contributed by atoms with Gasteiger partial charge in [0, 0.05) is 6.61 Å². The second-order valence-corrected chi connectivity index (χ2v) is 5.92. The summed E-state index contributed by atoms with van der Waals surface area (Å²) in [6, 6.07) is 0. The molecule has 0 radical (unpaired) electrons. The van der Waals surface area contributed by atoms with Gasteiger partial charge < -0.3 is 15.8 Å². The number of hydrogen-bond donors (Lipinski definition) is 2. The van der Waals surface area contributed by atoms with E-state index in [1.165, 1.54) is 11.3 Å². The van der Waals surface area contributed by atoms with E-state index in [1.54, 1.807) is 0 Å². The second kappa shape index (κ2) is 5.19. The minimum atomic E-state index is -0.576. The van der Waals surface area contributed by atoms with Crippen LogP contribution in [0.1, 0.15) is 38.1 Å². The zero-order valence-corrected chi connectivity index (χ0v) is 11.4. The molecule has 7 heteroatoms. The summed E-state index contributed by atoms with van der Waals surface area (Å²) in [5, 5.41) is 11.8. The number of nitrogens with two attached hydrogens (primary N) is 1. The lowest BCUT2D eigenvalue weighted by atomic mass is 10.0. The van der Waals surface area contributed by atoms with Crippen LogP contribution in [0, 0.1) is 0 Å². The van der Waals surface area contributed by atoms with E-state index in [1.807, 2.05) is 13.8 Å². The number of amides is 1. The molecule has 0 aromatic carbocycles. The van der Waals surface area contributed by atoms with Crippen LogP contribution >= 0.6 is 11.3 Å². The summed E-state index contributed by atoms with van der Waals surface area (Å²) < 4.78 is 5.46. The van der Waals surface area contributed by atoms with Crippen LogP contribution in [0.25, 0.3) is 0 Å². The number of carbonyl (C=O) groups excluding carboxylic acids is 1. The van der Waals surface area contributed by atoms with Crippen LogP contribution in [0.15, 0.2) is 0 Å². The molecule has 0 saturated carbocycles. The highest BCUT2D eigenvalue weighted by atomic mass is 32.1. The van der Waals surface area contributed by atoms with Crippen LogP contribution in [0.4, 0.5) is 5.13 Å². The van der Waals surface area contributed by atoms with Gasteiger partial charge in [0.05, 0.1) is 5.54 Å². The van der Waals surface area contributed by atoms with Gasteiger partial charge in [-0.05, 0) is 33.1 Å². The Hall–Kier alpha value is -1.21. The molecule has 1 atom stereocenters. The molecule has 3 N–H and O–H groups in total. The topological polar surface area (TPSA) is 90.1 Å². The molecular formula is C11H18N4O2S. The molecule has 1 aliphatic heterocycles. The summed E-state index contributed by atoms with van der Waals surface area (Å²) in [7, 11) is 0. The molecule has 1 aromatic heterocycles. The van der Waals surface area contributed by atoms with Crippen LogP contribution in [-0.4, -0.2) is 28.8 Å². The molecule has 0 bridgehead atoms. The number of nitrogens with zero attached hydrogens (tertiary/aromatic N) is 2. The van der Waals surface area contributed by atoms with Gasteiger partial charge in [-0.25, -0.2) is 0 Å². The Morgan fingerprint density at radius 1 is 1.50 bits per heavy atom. The van der Waals surface area contributed by atoms with Gasteiger partial charge in [-0.3, -0.25) is 4.79 Å². The first-order valence-corrected chi connectivity index (χ1v) is 6.84. The number of hydrogen-bond acceptors (Lipinski definition) is 6. The fourth-order valence-electron chi connectivity index (χ4n) is 1.88. The standard InChI is InChI=1S/C11H18N4O2S/c1-11(2,9-14-15-10(12)18-9)13-8(16)7-5-3-4-6-17-7/h7H,3-6H2,1-2H3,(H2,12,15)(H,13,16)/t7-/m1/s1. The molecule has 1 fully saturated rings. The summed E-state index contributed by atoms with van der Waals surface area (Å²) >= 11 is 1.28. The zero-order valence-electron chi connectivity index (χ0n) is 10.6. The smallest absolute Gasteiger partial charge is 0.249 e. The van der Waals surface area contributed by atoms with Crippen LogP contribution in [0.5, 0.6) is 0 Å². The Morgan fingerprint density at radius 2 is 2.28 bits per heavy atom. The van der Waals surface area contributed by atoms with Crippen molar-refractivity contribution in [2.75, 3.05) is 12.3 Å². The lowest BCUT2D eigenvalue weighted by Crippen LogP contribution is -2.47. The molecule has 0 aliphatic carbocycles. The number of nitrogen functional groups attached to an aromatic ring is 1. The zero-order chi connectivity index (χ0) is 13.2. The summed E-state index contributed by atoms with van der Waals surface area (Å²) in [6.07, 6.45) is 2.49. The molecule has 2 rings (SSSR count). The van der Waals surface area contributed by atoms with Gasteiger partial charge in [0.2, 0.25) is 11.0 Å². The molecule has 18 heavy (non-hydrogen) atoms. The van der Waals surface area contributed by atoms with Crippen molar-refractivity contribution in [3.05, 3.63) is 5.01 Å². The Morgan fingerprint density at radius 3 is 2.83 bits per heavy atom. The van der Waals surface area contributed by atoms with Gasteiger partial charge in [-0.2, -0.15) is 0 Å². The number of rotatable bonds is 3. The van der Waals surface area contributed by atoms with Gasteiger partial charge in [0.15, 0.2) is 0 Å². The first-order valence-electron chi connectivity index (χ1n) is 6.02. The molecule has 1 saturated heterocycles. The normalized spacial score (nSPS) is 20.7. The average molecular weight is 270 g/mol. The third-order valence-electron chi connectivity index (χ3n) is 2.88. The van der Waals surface area contributed by atoms with Crippen molar-refractivity contribution in [2.24, 2.45) is 0 Å². The van der Waals surface area contributed by atoms with E-state index in [0.29, 0.717) is 16.7 Å². The number of anilines is 1. The van der Waals surface area contributed by atoms with E-state index in [9.17, 15) is 4.79 Å².